The van der Waals surface area contributed by atoms with Crippen LogP contribution in [-0.2, 0) is 0 Å². The first-order valence-corrected chi connectivity index (χ1v) is 11.1. The van der Waals surface area contributed by atoms with E-state index in [1.807, 2.05) is 41.8 Å². The van der Waals surface area contributed by atoms with Crippen molar-refractivity contribution in [3.05, 3.63) is 84.0 Å². The van der Waals surface area contributed by atoms with Crippen LogP contribution >= 0.6 is 11.6 Å². The third kappa shape index (κ3) is 3.17. The third-order valence-electron chi connectivity index (χ3n) is 6.31. The van der Waals surface area contributed by atoms with Crippen LogP contribution in [0.1, 0.15) is 31.5 Å². The van der Waals surface area contributed by atoms with Gasteiger partial charge in [-0.15, -0.1) is 0 Å². The summed E-state index contributed by atoms with van der Waals surface area (Å²) >= 11 is 6.53. The summed E-state index contributed by atoms with van der Waals surface area (Å²) < 4.78 is 2.02. The molecule has 0 bridgehead atoms. The molecule has 32 heavy (non-hydrogen) atoms. The smallest absolute Gasteiger partial charge is 0.155 e. The second kappa shape index (κ2) is 7.12. The van der Waals surface area contributed by atoms with Crippen LogP contribution in [-0.4, -0.2) is 30.1 Å². The molecule has 5 aromatic rings. The lowest BCUT2D eigenvalue weighted by molar-refractivity contribution is -0.0335. The first-order valence-electron chi connectivity index (χ1n) is 10.7. The van der Waals surface area contributed by atoms with Crippen molar-refractivity contribution in [2.75, 3.05) is 0 Å². The molecule has 3 heterocycles. The monoisotopic (exact) mass is 440 g/mol. The Bertz CT molecular complexity index is 1470. The largest absolute Gasteiger partial charge is 0.390 e. The van der Waals surface area contributed by atoms with E-state index in [4.69, 9.17) is 21.6 Å². The van der Waals surface area contributed by atoms with Crippen molar-refractivity contribution in [2.24, 2.45) is 0 Å². The van der Waals surface area contributed by atoms with E-state index >= 15 is 0 Å². The van der Waals surface area contributed by atoms with Gasteiger partial charge in [-0.3, -0.25) is 4.40 Å². The zero-order valence-corrected chi connectivity index (χ0v) is 18.3. The number of benzene rings is 2. The summed E-state index contributed by atoms with van der Waals surface area (Å²) in [6.45, 7) is 1.87. The number of nitrogens with zero attached hydrogens (tertiary/aromatic N) is 4. The number of imidazole rings is 1. The van der Waals surface area contributed by atoms with E-state index < -0.39 is 5.60 Å². The minimum atomic E-state index is -0.631. The van der Waals surface area contributed by atoms with E-state index in [0.717, 1.165) is 44.8 Å². The number of aliphatic hydroxyl groups is 1. The Balaban J connectivity index is 1.50. The Hall–Kier alpha value is -3.28. The van der Waals surface area contributed by atoms with Crippen LogP contribution in [0.5, 0.6) is 0 Å². The van der Waals surface area contributed by atoms with Crippen LogP contribution < -0.4 is 0 Å². The molecule has 5 nitrogen and oxygen atoms in total. The minimum Gasteiger partial charge on any atom is -0.390 e. The standard InChI is InChI=1S/C26H21ClN4O/c1-26(32)14-19(15-26)25-30-22(23-24(27)28-11-12-31(23)25)18-8-7-17-9-10-20(29-21(17)13-18)16-5-3-2-4-6-16/h2-13,19,32H,14-15H2,1H3/t19-,26-. The van der Waals surface area contributed by atoms with Gasteiger partial charge in [0.1, 0.15) is 11.3 Å². The SMILES string of the molecule is C[C@]1(O)C[C@H](c2nc(-c3ccc4ccc(-c5ccccc5)nc4c3)c3c(Cl)nccn32)C1. The fourth-order valence-corrected chi connectivity index (χ4v) is 4.97. The van der Waals surface area contributed by atoms with Crippen LogP contribution in [0, 0.1) is 0 Å². The molecule has 0 radical (unpaired) electrons. The fourth-order valence-electron chi connectivity index (χ4n) is 4.73. The molecule has 1 fully saturated rings. The molecule has 0 unspecified atom stereocenters. The number of halogens is 1. The molecule has 0 saturated heterocycles. The molecule has 0 amide bonds. The zero-order valence-electron chi connectivity index (χ0n) is 17.5. The molecule has 0 spiro atoms. The normalized spacial score (nSPS) is 20.5. The molecule has 6 heteroatoms. The van der Waals surface area contributed by atoms with Gasteiger partial charge in [0, 0.05) is 34.8 Å². The highest BCUT2D eigenvalue weighted by Crippen LogP contribution is 2.45. The predicted octanol–water partition coefficient (Wildman–Crippen LogP) is 5.89. The van der Waals surface area contributed by atoms with Crippen LogP contribution in [0.2, 0.25) is 5.15 Å². The quantitative estimate of drug-likeness (QED) is 0.379. The maximum absolute atomic E-state index is 10.3. The molecule has 0 aliphatic heterocycles. The Morgan fingerprint density at radius 2 is 1.78 bits per heavy atom. The van der Waals surface area contributed by atoms with Crippen LogP contribution in [0.25, 0.3) is 38.9 Å². The minimum absolute atomic E-state index is 0.188. The Kier molecular flexibility index (Phi) is 4.32. The first kappa shape index (κ1) is 19.4. The summed E-state index contributed by atoms with van der Waals surface area (Å²) in [5.41, 5.74) is 4.81. The zero-order chi connectivity index (χ0) is 21.9. The van der Waals surface area contributed by atoms with Crippen molar-refractivity contribution in [2.45, 2.75) is 31.3 Å². The summed E-state index contributed by atoms with van der Waals surface area (Å²) in [5.74, 6) is 1.10. The molecule has 1 saturated carbocycles. The van der Waals surface area contributed by atoms with Crippen molar-refractivity contribution in [1.29, 1.82) is 0 Å². The van der Waals surface area contributed by atoms with Gasteiger partial charge >= 0.3 is 0 Å². The Morgan fingerprint density at radius 3 is 2.56 bits per heavy atom. The van der Waals surface area contributed by atoms with Gasteiger partial charge in [-0.1, -0.05) is 60.1 Å². The average Bonchev–Trinajstić information content (AvgIpc) is 3.18. The topological polar surface area (TPSA) is 63.3 Å². The molecular formula is C26H21ClN4O. The van der Waals surface area contributed by atoms with E-state index in [-0.39, 0.29) is 5.92 Å². The summed E-state index contributed by atoms with van der Waals surface area (Å²) in [6, 6.07) is 20.5. The van der Waals surface area contributed by atoms with Crippen LogP contribution in [0.15, 0.2) is 73.1 Å². The lowest BCUT2D eigenvalue weighted by Crippen LogP contribution is -2.40. The number of fused-ring (bicyclic) bond motifs is 2. The van der Waals surface area contributed by atoms with E-state index in [1.165, 1.54) is 0 Å². The molecule has 1 aliphatic rings. The Labute approximate surface area is 190 Å². The molecular weight excluding hydrogens is 420 g/mol. The van der Waals surface area contributed by atoms with E-state index in [2.05, 4.69) is 41.4 Å². The molecule has 158 valence electrons. The highest BCUT2D eigenvalue weighted by molar-refractivity contribution is 6.33. The van der Waals surface area contributed by atoms with Crippen molar-refractivity contribution in [3.63, 3.8) is 0 Å². The second-order valence-electron chi connectivity index (χ2n) is 8.83. The van der Waals surface area contributed by atoms with Gasteiger partial charge in [0.15, 0.2) is 5.15 Å². The van der Waals surface area contributed by atoms with Gasteiger partial charge < -0.3 is 5.11 Å². The molecule has 1 aliphatic carbocycles. The van der Waals surface area contributed by atoms with Gasteiger partial charge in [-0.2, -0.15) is 0 Å². The summed E-state index contributed by atoms with van der Waals surface area (Å²) in [6.07, 6.45) is 4.96. The predicted molar refractivity (Wildman–Crippen MR) is 127 cm³/mol. The van der Waals surface area contributed by atoms with E-state index in [1.54, 1.807) is 6.20 Å². The van der Waals surface area contributed by atoms with Gasteiger partial charge in [-0.25, -0.2) is 15.0 Å². The first-order chi connectivity index (χ1) is 15.5. The van der Waals surface area contributed by atoms with Gasteiger partial charge in [0.25, 0.3) is 0 Å². The van der Waals surface area contributed by atoms with Gasteiger partial charge in [0.2, 0.25) is 0 Å². The maximum atomic E-state index is 10.3. The summed E-state index contributed by atoms with van der Waals surface area (Å²) in [4.78, 5) is 14.2. The maximum Gasteiger partial charge on any atom is 0.155 e. The van der Waals surface area contributed by atoms with Gasteiger partial charge in [-0.05, 0) is 31.9 Å². The number of aromatic nitrogens is 4. The van der Waals surface area contributed by atoms with Crippen LogP contribution in [0.3, 0.4) is 0 Å². The average molecular weight is 441 g/mol. The molecule has 3 aromatic heterocycles. The molecule has 2 aromatic carbocycles. The van der Waals surface area contributed by atoms with Gasteiger partial charge in [0.05, 0.1) is 22.5 Å². The number of pyridine rings is 1. The lowest BCUT2D eigenvalue weighted by atomic mass is 9.72. The third-order valence-corrected chi connectivity index (χ3v) is 6.59. The molecule has 1 N–H and O–H groups in total. The van der Waals surface area contributed by atoms with Crippen molar-refractivity contribution in [3.8, 4) is 22.5 Å². The summed E-state index contributed by atoms with van der Waals surface area (Å²) in [5, 5.41) is 11.7. The highest BCUT2D eigenvalue weighted by Gasteiger charge is 2.41. The summed E-state index contributed by atoms with van der Waals surface area (Å²) in [7, 11) is 0. The molecule has 6 rings (SSSR count). The number of hydrogen-bond acceptors (Lipinski definition) is 4. The Morgan fingerprint density at radius 1 is 1.00 bits per heavy atom. The second-order valence-corrected chi connectivity index (χ2v) is 9.19. The molecule has 0 atom stereocenters. The van der Waals surface area contributed by atoms with Crippen molar-refractivity contribution >= 4 is 28.0 Å². The highest BCUT2D eigenvalue weighted by atomic mass is 35.5. The number of hydrogen-bond donors (Lipinski definition) is 1. The fraction of sp³-hybridized carbons (Fsp3) is 0.192. The number of rotatable bonds is 3. The van der Waals surface area contributed by atoms with Crippen molar-refractivity contribution < 1.29 is 5.11 Å². The van der Waals surface area contributed by atoms with Crippen molar-refractivity contribution in [1.82, 2.24) is 19.4 Å². The lowest BCUT2D eigenvalue weighted by Gasteiger charge is -2.40. The van der Waals surface area contributed by atoms with Crippen LogP contribution in [0.4, 0.5) is 0 Å². The van der Waals surface area contributed by atoms with E-state index in [0.29, 0.717) is 18.0 Å². The van der Waals surface area contributed by atoms with E-state index in [9.17, 15) is 5.11 Å².